The standard InChI is InChI=1S/C11H16N6O2S/c1-9-14-11(8-15(9)2)20(18,19)16-6-3-10(7-16)17-12-4-5-13-17/h4-5,8,10H,3,6-7H2,1-2H3/t10-/m1/s1. The van der Waals surface area contributed by atoms with Crippen LogP contribution in [0.3, 0.4) is 0 Å². The van der Waals surface area contributed by atoms with Gasteiger partial charge in [-0.15, -0.1) is 0 Å². The molecule has 1 atom stereocenters. The minimum absolute atomic E-state index is 0.00964. The Kier molecular flexibility index (Phi) is 3.09. The van der Waals surface area contributed by atoms with Crippen molar-refractivity contribution in [2.75, 3.05) is 13.1 Å². The van der Waals surface area contributed by atoms with E-state index in [4.69, 9.17) is 0 Å². The van der Waals surface area contributed by atoms with Gasteiger partial charge >= 0.3 is 0 Å². The largest absolute Gasteiger partial charge is 0.337 e. The molecule has 0 aliphatic carbocycles. The molecule has 1 saturated heterocycles. The van der Waals surface area contributed by atoms with Crippen molar-refractivity contribution in [3.63, 3.8) is 0 Å². The summed E-state index contributed by atoms with van der Waals surface area (Å²) in [6, 6.07) is -0.00964. The first-order valence-corrected chi connectivity index (χ1v) is 7.78. The maximum Gasteiger partial charge on any atom is 0.262 e. The van der Waals surface area contributed by atoms with Crippen LogP contribution in [0.4, 0.5) is 0 Å². The van der Waals surface area contributed by atoms with E-state index in [-0.39, 0.29) is 11.1 Å². The number of aryl methyl sites for hydroxylation is 2. The molecule has 1 aliphatic rings. The summed E-state index contributed by atoms with van der Waals surface area (Å²) in [5.41, 5.74) is 0. The van der Waals surface area contributed by atoms with Gasteiger partial charge in [-0.3, -0.25) is 0 Å². The topological polar surface area (TPSA) is 85.9 Å². The van der Waals surface area contributed by atoms with Crippen LogP contribution >= 0.6 is 0 Å². The molecule has 3 heterocycles. The number of nitrogens with zero attached hydrogens (tertiary/aromatic N) is 6. The van der Waals surface area contributed by atoms with Crippen molar-refractivity contribution in [2.45, 2.75) is 24.4 Å². The summed E-state index contributed by atoms with van der Waals surface area (Å²) >= 11 is 0. The van der Waals surface area contributed by atoms with Crippen LogP contribution in [0.15, 0.2) is 23.6 Å². The van der Waals surface area contributed by atoms with Crippen LogP contribution in [0.5, 0.6) is 0 Å². The van der Waals surface area contributed by atoms with Crippen LogP contribution in [0.25, 0.3) is 0 Å². The maximum absolute atomic E-state index is 12.5. The van der Waals surface area contributed by atoms with Crippen LogP contribution < -0.4 is 0 Å². The lowest BCUT2D eigenvalue weighted by Crippen LogP contribution is -2.29. The minimum atomic E-state index is -3.53. The second-order valence-electron chi connectivity index (χ2n) is 4.89. The second kappa shape index (κ2) is 4.67. The zero-order valence-corrected chi connectivity index (χ0v) is 12.2. The fourth-order valence-electron chi connectivity index (χ4n) is 2.31. The summed E-state index contributed by atoms with van der Waals surface area (Å²) in [4.78, 5) is 5.68. The Morgan fingerprint density at radius 3 is 2.60 bits per heavy atom. The molecule has 2 aromatic rings. The molecular weight excluding hydrogens is 280 g/mol. The number of imidazole rings is 1. The van der Waals surface area contributed by atoms with Crippen molar-refractivity contribution in [2.24, 2.45) is 7.05 Å². The predicted octanol–water partition coefficient (Wildman–Crippen LogP) is -0.0443. The van der Waals surface area contributed by atoms with Gasteiger partial charge in [0.15, 0.2) is 5.03 Å². The molecule has 0 unspecified atom stereocenters. The minimum Gasteiger partial charge on any atom is -0.337 e. The molecule has 2 aromatic heterocycles. The van der Waals surface area contributed by atoms with E-state index in [1.807, 2.05) is 0 Å². The number of hydrogen-bond acceptors (Lipinski definition) is 5. The van der Waals surface area contributed by atoms with Crippen LogP contribution in [-0.4, -0.2) is 50.4 Å². The van der Waals surface area contributed by atoms with E-state index >= 15 is 0 Å². The Labute approximate surface area is 117 Å². The lowest BCUT2D eigenvalue weighted by Gasteiger charge is -2.14. The number of rotatable bonds is 3. The SMILES string of the molecule is Cc1nc(S(=O)(=O)N2CC[C@@H](n3nccn3)C2)cn1C. The maximum atomic E-state index is 12.5. The van der Waals surface area contributed by atoms with E-state index in [1.54, 1.807) is 41.9 Å². The molecule has 9 heteroatoms. The molecule has 20 heavy (non-hydrogen) atoms. The van der Waals surface area contributed by atoms with Crippen LogP contribution in [0.1, 0.15) is 18.3 Å². The van der Waals surface area contributed by atoms with Gasteiger partial charge in [-0.25, -0.2) is 13.4 Å². The third kappa shape index (κ3) is 2.12. The molecule has 8 nitrogen and oxygen atoms in total. The molecule has 0 spiro atoms. The van der Waals surface area contributed by atoms with Gasteiger partial charge in [-0.2, -0.15) is 19.3 Å². The molecule has 0 bridgehead atoms. The molecule has 0 saturated carbocycles. The zero-order chi connectivity index (χ0) is 14.3. The van der Waals surface area contributed by atoms with E-state index in [0.717, 1.165) is 0 Å². The van der Waals surface area contributed by atoms with Gasteiger partial charge in [-0.1, -0.05) is 0 Å². The average molecular weight is 296 g/mol. The van der Waals surface area contributed by atoms with Crippen LogP contribution in [-0.2, 0) is 17.1 Å². The molecule has 1 fully saturated rings. The Morgan fingerprint density at radius 2 is 2.00 bits per heavy atom. The molecular formula is C11H16N6O2S. The first-order chi connectivity index (χ1) is 9.48. The zero-order valence-electron chi connectivity index (χ0n) is 11.3. The number of hydrogen-bond donors (Lipinski definition) is 0. The Hall–Kier alpha value is -1.74. The van der Waals surface area contributed by atoms with E-state index < -0.39 is 10.0 Å². The van der Waals surface area contributed by atoms with Crippen LogP contribution in [0, 0.1) is 6.92 Å². The van der Waals surface area contributed by atoms with Crippen molar-refractivity contribution < 1.29 is 8.42 Å². The van der Waals surface area contributed by atoms with Gasteiger partial charge in [0.25, 0.3) is 10.0 Å². The Bertz CT molecular complexity index is 686. The predicted molar refractivity (Wildman–Crippen MR) is 70.4 cm³/mol. The number of sulfonamides is 1. The molecule has 1 aliphatic heterocycles. The summed E-state index contributed by atoms with van der Waals surface area (Å²) in [7, 11) is -1.75. The van der Waals surface area contributed by atoms with Gasteiger partial charge in [0, 0.05) is 26.3 Å². The van der Waals surface area contributed by atoms with E-state index in [1.165, 1.54) is 4.31 Å². The highest BCUT2D eigenvalue weighted by atomic mass is 32.2. The summed E-state index contributed by atoms with van der Waals surface area (Å²) < 4.78 is 28.2. The van der Waals surface area contributed by atoms with Gasteiger partial charge < -0.3 is 4.57 Å². The lowest BCUT2D eigenvalue weighted by atomic mass is 10.3. The van der Waals surface area contributed by atoms with Gasteiger partial charge in [0.05, 0.1) is 18.4 Å². The third-order valence-electron chi connectivity index (χ3n) is 3.58. The molecule has 0 N–H and O–H groups in total. The van der Waals surface area contributed by atoms with Gasteiger partial charge in [-0.05, 0) is 13.3 Å². The van der Waals surface area contributed by atoms with Crippen molar-refractivity contribution >= 4 is 10.0 Å². The number of aromatic nitrogens is 5. The molecule has 108 valence electrons. The molecule has 3 rings (SSSR count). The van der Waals surface area contributed by atoms with E-state index in [2.05, 4.69) is 15.2 Å². The van der Waals surface area contributed by atoms with E-state index in [9.17, 15) is 8.42 Å². The molecule has 0 aromatic carbocycles. The smallest absolute Gasteiger partial charge is 0.262 e. The Balaban J connectivity index is 1.83. The lowest BCUT2D eigenvalue weighted by molar-refractivity contribution is 0.402. The normalized spacial score (nSPS) is 20.6. The average Bonchev–Trinajstić information content (AvgIpc) is 3.10. The van der Waals surface area contributed by atoms with Crippen molar-refractivity contribution in [3.8, 4) is 0 Å². The first-order valence-electron chi connectivity index (χ1n) is 6.34. The summed E-state index contributed by atoms with van der Waals surface area (Å²) in [5, 5.41) is 8.24. The highest BCUT2D eigenvalue weighted by Gasteiger charge is 2.35. The highest BCUT2D eigenvalue weighted by molar-refractivity contribution is 7.89. The summed E-state index contributed by atoms with van der Waals surface area (Å²) in [6.07, 6.45) is 5.45. The monoisotopic (exact) mass is 296 g/mol. The third-order valence-corrected chi connectivity index (χ3v) is 5.32. The molecule has 0 radical (unpaired) electrons. The van der Waals surface area contributed by atoms with Gasteiger partial charge in [0.1, 0.15) is 5.82 Å². The van der Waals surface area contributed by atoms with Gasteiger partial charge in [0.2, 0.25) is 0 Å². The van der Waals surface area contributed by atoms with Crippen molar-refractivity contribution in [1.29, 1.82) is 0 Å². The molecule has 0 amide bonds. The van der Waals surface area contributed by atoms with Crippen LogP contribution in [0.2, 0.25) is 0 Å². The quantitative estimate of drug-likeness (QED) is 0.793. The fraction of sp³-hybridized carbons (Fsp3) is 0.545. The van der Waals surface area contributed by atoms with Crippen molar-refractivity contribution in [3.05, 3.63) is 24.4 Å². The fourth-order valence-corrected chi connectivity index (χ4v) is 3.83. The van der Waals surface area contributed by atoms with E-state index in [0.29, 0.717) is 25.3 Å². The second-order valence-corrected chi connectivity index (χ2v) is 6.78. The summed E-state index contributed by atoms with van der Waals surface area (Å²) in [5.74, 6) is 0.674. The highest BCUT2D eigenvalue weighted by Crippen LogP contribution is 2.25. The Morgan fingerprint density at radius 1 is 1.30 bits per heavy atom. The van der Waals surface area contributed by atoms with Crippen molar-refractivity contribution in [1.82, 2.24) is 28.9 Å². The first kappa shape index (κ1) is 13.3. The summed E-state index contributed by atoms with van der Waals surface area (Å²) in [6.45, 7) is 2.62.